The van der Waals surface area contributed by atoms with Gasteiger partial charge in [-0.15, -0.1) is 0 Å². The summed E-state index contributed by atoms with van der Waals surface area (Å²) in [6.45, 7) is 0. The van der Waals surface area contributed by atoms with Gasteiger partial charge < -0.3 is 0 Å². The Morgan fingerprint density at radius 3 is 2.04 bits per heavy atom. The van der Waals surface area contributed by atoms with E-state index in [1.807, 2.05) is 0 Å². The summed E-state index contributed by atoms with van der Waals surface area (Å²) < 4.78 is 39.4. The number of nitrogens with zero attached hydrogens (tertiary/aromatic N) is 1. The molecule has 0 unspecified atom stereocenters. The molecule has 5 fully saturated rings. The van der Waals surface area contributed by atoms with E-state index < -0.39 is 11.7 Å². The highest BCUT2D eigenvalue weighted by molar-refractivity contribution is 9.10. The zero-order valence-corrected chi connectivity index (χ0v) is 14.7. The van der Waals surface area contributed by atoms with Crippen LogP contribution >= 0.6 is 15.9 Å². The zero-order chi connectivity index (χ0) is 17.7. The molecule has 7 heteroatoms. The molecule has 3 nitrogen and oxygen atoms in total. The number of hydrogen-bond acceptors (Lipinski definition) is 2. The van der Waals surface area contributed by atoms with E-state index in [0.29, 0.717) is 11.8 Å². The quantitative estimate of drug-likeness (QED) is 0.645. The van der Waals surface area contributed by atoms with Crippen LogP contribution in [0.2, 0.25) is 0 Å². The molecule has 2 bridgehead atoms. The lowest BCUT2D eigenvalue weighted by Gasteiger charge is -2.42. The van der Waals surface area contributed by atoms with Crippen molar-refractivity contribution in [1.29, 1.82) is 0 Å². The highest BCUT2D eigenvalue weighted by Gasteiger charge is 2.68. The fourth-order valence-corrected chi connectivity index (χ4v) is 6.13. The number of carbonyl (C=O) groups is 2. The number of hydrogen-bond donors (Lipinski definition) is 0. The molecule has 132 valence electrons. The van der Waals surface area contributed by atoms with Crippen molar-refractivity contribution in [1.82, 2.24) is 0 Å². The van der Waals surface area contributed by atoms with Crippen LogP contribution in [0.4, 0.5) is 18.9 Å². The summed E-state index contributed by atoms with van der Waals surface area (Å²) in [6.07, 6.45) is -1.50. The number of fused-ring (bicyclic) bond motifs is 1. The molecule has 0 radical (unpaired) electrons. The van der Waals surface area contributed by atoms with Gasteiger partial charge >= 0.3 is 6.18 Å². The van der Waals surface area contributed by atoms with Crippen LogP contribution in [-0.4, -0.2) is 11.8 Å². The van der Waals surface area contributed by atoms with Gasteiger partial charge in [0.25, 0.3) is 0 Å². The first-order valence-electron chi connectivity index (χ1n) is 8.53. The van der Waals surface area contributed by atoms with Crippen molar-refractivity contribution in [2.24, 2.45) is 35.5 Å². The van der Waals surface area contributed by atoms with Gasteiger partial charge in [-0.25, -0.2) is 0 Å². The molecular formula is C18H15BrF3NO2. The Morgan fingerprint density at radius 2 is 1.52 bits per heavy atom. The second-order valence-electron chi connectivity index (χ2n) is 7.69. The third kappa shape index (κ3) is 2.04. The lowest BCUT2D eigenvalue weighted by atomic mass is 9.59. The summed E-state index contributed by atoms with van der Waals surface area (Å²) >= 11 is 2.90. The number of carbonyl (C=O) groups excluding carboxylic acids is 2. The highest BCUT2D eigenvalue weighted by atomic mass is 79.9. The predicted molar refractivity (Wildman–Crippen MR) is 86.4 cm³/mol. The maximum Gasteiger partial charge on any atom is 0.417 e. The van der Waals surface area contributed by atoms with Gasteiger partial charge in [-0.05, 0) is 61.1 Å². The smallest absolute Gasteiger partial charge is 0.274 e. The van der Waals surface area contributed by atoms with E-state index in [0.717, 1.165) is 30.2 Å². The van der Waals surface area contributed by atoms with Crippen molar-refractivity contribution in [2.75, 3.05) is 4.90 Å². The molecule has 6 atom stereocenters. The Hall–Kier alpha value is -1.37. The van der Waals surface area contributed by atoms with Crippen LogP contribution in [0.3, 0.4) is 0 Å². The minimum Gasteiger partial charge on any atom is -0.274 e. The van der Waals surface area contributed by atoms with Crippen LogP contribution in [0, 0.1) is 35.5 Å². The summed E-state index contributed by atoms with van der Waals surface area (Å²) in [7, 11) is 0. The van der Waals surface area contributed by atoms with Crippen molar-refractivity contribution >= 4 is 33.4 Å². The third-order valence-electron chi connectivity index (χ3n) is 6.66. The van der Waals surface area contributed by atoms with Crippen LogP contribution in [-0.2, 0) is 15.8 Å². The van der Waals surface area contributed by atoms with Crippen molar-refractivity contribution < 1.29 is 22.8 Å². The van der Waals surface area contributed by atoms with E-state index in [2.05, 4.69) is 15.9 Å². The maximum atomic E-state index is 13.2. The van der Waals surface area contributed by atoms with E-state index >= 15 is 0 Å². The van der Waals surface area contributed by atoms with Crippen molar-refractivity contribution in [3.05, 3.63) is 28.2 Å². The minimum atomic E-state index is -4.55. The number of halogens is 4. The lowest BCUT2D eigenvalue weighted by Crippen LogP contribution is -2.43. The van der Waals surface area contributed by atoms with Gasteiger partial charge in [0.15, 0.2) is 0 Å². The van der Waals surface area contributed by atoms with Gasteiger partial charge in [0, 0.05) is 4.47 Å². The first-order chi connectivity index (χ1) is 11.8. The van der Waals surface area contributed by atoms with Crippen LogP contribution in [0.5, 0.6) is 0 Å². The molecule has 1 aromatic rings. The number of anilines is 1. The van der Waals surface area contributed by atoms with Gasteiger partial charge in [0.1, 0.15) is 0 Å². The Bertz CT molecular complexity index is 774. The van der Waals surface area contributed by atoms with Gasteiger partial charge in [0.05, 0.1) is 23.1 Å². The van der Waals surface area contributed by atoms with Crippen LogP contribution < -0.4 is 4.90 Å². The Morgan fingerprint density at radius 1 is 0.960 bits per heavy atom. The molecule has 4 saturated carbocycles. The van der Waals surface area contributed by atoms with Crippen LogP contribution in [0.25, 0.3) is 0 Å². The van der Waals surface area contributed by atoms with Gasteiger partial charge in [-0.2, -0.15) is 13.2 Å². The molecule has 4 aliphatic carbocycles. The van der Waals surface area contributed by atoms with Crippen LogP contribution in [0.1, 0.15) is 24.8 Å². The summed E-state index contributed by atoms with van der Waals surface area (Å²) in [5.41, 5.74) is -0.834. The van der Waals surface area contributed by atoms with E-state index in [4.69, 9.17) is 0 Å². The molecule has 0 spiro atoms. The van der Waals surface area contributed by atoms with E-state index in [-0.39, 0.29) is 45.6 Å². The van der Waals surface area contributed by atoms with Gasteiger partial charge in [0.2, 0.25) is 11.8 Å². The number of amides is 2. The number of rotatable bonds is 1. The monoisotopic (exact) mass is 413 g/mol. The third-order valence-corrected chi connectivity index (χ3v) is 7.35. The molecule has 1 heterocycles. The van der Waals surface area contributed by atoms with Crippen molar-refractivity contribution in [2.45, 2.75) is 25.4 Å². The standard InChI is InChI=1S/C18H15BrF3NO2/c19-13-4-1-7(5-12(13)18(20,21)22)23-16(24)14-8-2-3-9(11-6-10(8)11)15(14)17(23)25/h1,4-5,8-11,14-15H,2-3,6H2/t8-,9+,10-,11+,14-,15+. The molecule has 5 aliphatic rings. The van der Waals surface area contributed by atoms with E-state index in [1.54, 1.807) is 0 Å². The molecule has 6 rings (SSSR count). The molecule has 0 aromatic heterocycles. The SMILES string of the molecule is O=C1[C@@H]2[C@@H]3CC[C@@H]([C@@H]4C[C@@H]43)[C@@H]2C(=O)N1c1ccc(Br)c(C(F)(F)F)c1. The molecule has 1 saturated heterocycles. The van der Waals surface area contributed by atoms with Gasteiger partial charge in [-0.3, -0.25) is 14.5 Å². The summed E-state index contributed by atoms with van der Waals surface area (Å²) in [6, 6.07) is 3.57. The lowest BCUT2D eigenvalue weighted by molar-refractivity contribution is -0.138. The molecular weight excluding hydrogens is 399 g/mol. The normalized spacial score (nSPS) is 38.8. The van der Waals surface area contributed by atoms with Crippen LogP contribution in [0.15, 0.2) is 22.7 Å². The predicted octanol–water partition coefficient (Wildman–Crippen LogP) is 4.25. The zero-order valence-electron chi connectivity index (χ0n) is 13.1. The molecule has 1 aliphatic heterocycles. The molecule has 1 aromatic carbocycles. The average molecular weight is 414 g/mol. The minimum absolute atomic E-state index is 0.0352. The maximum absolute atomic E-state index is 13.2. The second kappa shape index (κ2) is 4.87. The fourth-order valence-electron chi connectivity index (χ4n) is 5.66. The topological polar surface area (TPSA) is 37.4 Å². The Balaban J connectivity index is 1.56. The van der Waals surface area contributed by atoms with E-state index in [9.17, 15) is 22.8 Å². The second-order valence-corrected chi connectivity index (χ2v) is 8.55. The molecule has 2 amide bonds. The summed E-state index contributed by atoms with van der Waals surface area (Å²) in [5.74, 6) is 0.314. The summed E-state index contributed by atoms with van der Waals surface area (Å²) in [4.78, 5) is 26.9. The number of benzene rings is 1. The average Bonchev–Trinajstić information content (AvgIpc) is 3.32. The number of imide groups is 1. The Kier molecular flexibility index (Phi) is 3.09. The highest BCUT2D eigenvalue weighted by Crippen LogP contribution is 2.68. The fraction of sp³-hybridized carbons (Fsp3) is 0.556. The largest absolute Gasteiger partial charge is 0.417 e. The first kappa shape index (κ1) is 15.9. The molecule has 25 heavy (non-hydrogen) atoms. The summed E-state index contributed by atoms with van der Waals surface area (Å²) in [5, 5.41) is 0. The van der Waals surface area contributed by atoms with Crippen molar-refractivity contribution in [3.63, 3.8) is 0 Å². The number of alkyl halides is 3. The first-order valence-corrected chi connectivity index (χ1v) is 9.33. The van der Waals surface area contributed by atoms with Gasteiger partial charge in [-0.1, -0.05) is 15.9 Å². The van der Waals surface area contributed by atoms with E-state index in [1.165, 1.54) is 12.1 Å². The van der Waals surface area contributed by atoms with Crippen molar-refractivity contribution in [3.8, 4) is 0 Å². The molecule has 0 N–H and O–H groups in total. The Labute approximate surface area is 150 Å².